The first-order chi connectivity index (χ1) is 8.42. The molecule has 1 heterocycles. The summed E-state index contributed by atoms with van der Waals surface area (Å²) < 4.78 is 5.67. The van der Waals surface area contributed by atoms with Crippen LogP contribution in [0.2, 0.25) is 0 Å². The monoisotopic (exact) mass is 254 g/mol. The second-order valence-corrected chi connectivity index (χ2v) is 7.10. The lowest BCUT2D eigenvalue weighted by molar-refractivity contribution is -0.132. The highest BCUT2D eigenvalue weighted by atomic mass is 16.5. The number of ether oxygens (including phenoxy) is 1. The lowest BCUT2D eigenvalue weighted by Gasteiger charge is -2.58. The van der Waals surface area contributed by atoms with Crippen molar-refractivity contribution in [3.63, 3.8) is 0 Å². The number of nitrogens with two attached hydrogens (primary N) is 1. The molecule has 18 heavy (non-hydrogen) atoms. The molecule has 1 saturated heterocycles. The van der Waals surface area contributed by atoms with Gasteiger partial charge in [0.25, 0.3) is 0 Å². The fourth-order valence-corrected chi connectivity index (χ4v) is 4.18. The molecule has 0 aromatic heterocycles. The molecule has 2 rings (SSSR count). The van der Waals surface area contributed by atoms with Gasteiger partial charge in [0.05, 0.1) is 13.2 Å². The van der Waals surface area contributed by atoms with Gasteiger partial charge in [-0.3, -0.25) is 4.90 Å². The van der Waals surface area contributed by atoms with Gasteiger partial charge in [0.1, 0.15) is 0 Å². The van der Waals surface area contributed by atoms with Crippen LogP contribution in [0.1, 0.15) is 47.0 Å². The van der Waals surface area contributed by atoms with E-state index < -0.39 is 0 Å². The van der Waals surface area contributed by atoms with Crippen LogP contribution in [0.4, 0.5) is 0 Å². The number of rotatable bonds is 2. The highest BCUT2D eigenvalue weighted by Crippen LogP contribution is 2.43. The fraction of sp³-hybridized carbons (Fsp3) is 1.00. The Morgan fingerprint density at radius 1 is 1.33 bits per heavy atom. The molecule has 2 aliphatic rings. The summed E-state index contributed by atoms with van der Waals surface area (Å²) in [4.78, 5) is 2.67. The van der Waals surface area contributed by atoms with E-state index in [9.17, 15) is 0 Å². The van der Waals surface area contributed by atoms with Crippen LogP contribution >= 0.6 is 0 Å². The van der Waals surface area contributed by atoms with Crippen LogP contribution in [0.15, 0.2) is 0 Å². The highest BCUT2D eigenvalue weighted by Gasteiger charge is 2.49. The molecule has 1 saturated carbocycles. The zero-order valence-electron chi connectivity index (χ0n) is 12.5. The Balaban J connectivity index is 2.25. The van der Waals surface area contributed by atoms with Gasteiger partial charge in [0, 0.05) is 24.2 Å². The van der Waals surface area contributed by atoms with Crippen molar-refractivity contribution >= 4 is 0 Å². The van der Waals surface area contributed by atoms with E-state index in [0.29, 0.717) is 5.92 Å². The van der Waals surface area contributed by atoms with Crippen molar-refractivity contribution in [1.82, 2.24) is 4.90 Å². The maximum atomic E-state index is 6.24. The van der Waals surface area contributed by atoms with Crippen LogP contribution in [-0.4, -0.2) is 42.3 Å². The van der Waals surface area contributed by atoms with Crippen LogP contribution in [0.5, 0.6) is 0 Å². The molecule has 0 aromatic rings. The molecule has 3 nitrogen and oxygen atoms in total. The third kappa shape index (κ3) is 2.33. The first kappa shape index (κ1) is 14.3. The summed E-state index contributed by atoms with van der Waals surface area (Å²) in [5, 5.41) is 0. The molecule has 1 aliphatic carbocycles. The van der Waals surface area contributed by atoms with Gasteiger partial charge < -0.3 is 10.5 Å². The summed E-state index contributed by atoms with van der Waals surface area (Å²) in [6.07, 6.45) is 3.87. The summed E-state index contributed by atoms with van der Waals surface area (Å²) in [6.45, 7) is 12.9. The Hall–Kier alpha value is -0.120. The van der Waals surface area contributed by atoms with Gasteiger partial charge in [0.15, 0.2) is 0 Å². The van der Waals surface area contributed by atoms with Gasteiger partial charge in [-0.2, -0.15) is 0 Å². The lowest BCUT2D eigenvalue weighted by atomic mass is 9.67. The van der Waals surface area contributed by atoms with E-state index in [1.807, 2.05) is 0 Å². The van der Waals surface area contributed by atoms with Crippen LogP contribution in [0.25, 0.3) is 0 Å². The summed E-state index contributed by atoms with van der Waals surface area (Å²) in [5.41, 5.74) is 6.56. The van der Waals surface area contributed by atoms with E-state index in [2.05, 4.69) is 32.6 Å². The first-order valence-corrected chi connectivity index (χ1v) is 7.48. The molecule has 3 atom stereocenters. The Kier molecular flexibility index (Phi) is 4.05. The molecule has 2 fully saturated rings. The minimum absolute atomic E-state index is 0.118. The molecule has 106 valence electrons. The minimum Gasteiger partial charge on any atom is -0.378 e. The maximum absolute atomic E-state index is 6.24. The van der Waals surface area contributed by atoms with Crippen LogP contribution in [0, 0.1) is 11.8 Å². The molecule has 3 unspecified atom stereocenters. The summed E-state index contributed by atoms with van der Waals surface area (Å²) >= 11 is 0. The molecular weight excluding hydrogens is 224 g/mol. The van der Waals surface area contributed by atoms with Gasteiger partial charge in [-0.25, -0.2) is 0 Å². The molecule has 3 heteroatoms. The van der Waals surface area contributed by atoms with Gasteiger partial charge >= 0.3 is 0 Å². The van der Waals surface area contributed by atoms with Crippen molar-refractivity contribution in [1.29, 1.82) is 0 Å². The van der Waals surface area contributed by atoms with Crippen LogP contribution in [0.3, 0.4) is 0 Å². The molecule has 0 radical (unpaired) electrons. The molecule has 2 N–H and O–H groups in total. The minimum atomic E-state index is 0.118. The van der Waals surface area contributed by atoms with Crippen LogP contribution < -0.4 is 5.73 Å². The van der Waals surface area contributed by atoms with E-state index in [1.54, 1.807) is 0 Å². The van der Waals surface area contributed by atoms with E-state index in [1.165, 1.54) is 19.3 Å². The number of morpholine rings is 1. The number of hydrogen-bond donors (Lipinski definition) is 1. The van der Waals surface area contributed by atoms with Crippen molar-refractivity contribution in [3.8, 4) is 0 Å². The standard InChI is InChI=1S/C15H30N2O/c1-12-5-6-15(10-16,13(2)9-12)17-7-8-18-11-14(17,3)4/h12-13H,5-11,16H2,1-4H3. The zero-order chi connectivity index (χ0) is 13.4. The lowest BCUT2D eigenvalue weighted by Crippen LogP contribution is -2.69. The molecule has 0 bridgehead atoms. The maximum Gasteiger partial charge on any atom is 0.0645 e. The fourth-order valence-electron chi connectivity index (χ4n) is 4.18. The van der Waals surface area contributed by atoms with Gasteiger partial charge in [-0.1, -0.05) is 13.8 Å². The SMILES string of the molecule is CC1CCC(CN)(N2CCOCC2(C)C)C(C)C1. The van der Waals surface area contributed by atoms with Gasteiger partial charge in [-0.05, 0) is 44.9 Å². The van der Waals surface area contributed by atoms with Crippen molar-refractivity contribution in [3.05, 3.63) is 0 Å². The third-order valence-corrected chi connectivity index (χ3v) is 5.28. The Bertz CT molecular complexity index is 292. The quantitative estimate of drug-likeness (QED) is 0.821. The number of hydrogen-bond acceptors (Lipinski definition) is 3. The highest BCUT2D eigenvalue weighted by molar-refractivity contribution is 5.05. The predicted molar refractivity (Wildman–Crippen MR) is 75.6 cm³/mol. The van der Waals surface area contributed by atoms with E-state index in [-0.39, 0.29) is 11.1 Å². The Morgan fingerprint density at radius 2 is 2.06 bits per heavy atom. The van der Waals surface area contributed by atoms with E-state index in [0.717, 1.165) is 32.2 Å². The summed E-state index contributed by atoms with van der Waals surface area (Å²) in [7, 11) is 0. The summed E-state index contributed by atoms with van der Waals surface area (Å²) in [5.74, 6) is 1.53. The van der Waals surface area contributed by atoms with Crippen molar-refractivity contribution < 1.29 is 4.74 Å². The topological polar surface area (TPSA) is 38.5 Å². The largest absolute Gasteiger partial charge is 0.378 e. The number of nitrogens with zero attached hydrogens (tertiary/aromatic N) is 1. The second kappa shape index (κ2) is 5.10. The summed E-state index contributed by atoms with van der Waals surface area (Å²) in [6, 6.07) is 0. The first-order valence-electron chi connectivity index (χ1n) is 7.48. The van der Waals surface area contributed by atoms with Crippen molar-refractivity contribution in [2.75, 3.05) is 26.3 Å². The normalized spacial score (nSPS) is 41.8. The molecule has 0 aromatic carbocycles. The Labute approximate surface area is 112 Å². The molecular formula is C15H30N2O. The Morgan fingerprint density at radius 3 is 2.61 bits per heavy atom. The van der Waals surface area contributed by atoms with Crippen LogP contribution in [-0.2, 0) is 4.74 Å². The van der Waals surface area contributed by atoms with E-state index in [4.69, 9.17) is 10.5 Å². The average Bonchev–Trinajstić information content (AvgIpc) is 2.30. The predicted octanol–water partition coefficient (Wildman–Crippen LogP) is 2.25. The van der Waals surface area contributed by atoms with E-state index >= 15 is 0 Å². The smallest absolute Gasteiger partial charge is 0.0645 e. The molecule has 0 amide bonds. The molecule has 0 spiro atoms. The zero-order valence-corrected chi connectivity index (χ0v) is 12.5. The molecule has 1 aliphatic heterocycles. The van der Waals surface area contributed by atoms with Gasteiger partial charge in [0.2, 0.25) is 0 Å². The van der Waals surface area contributed by atoms with Gasteiger partial charge in [-0.15, -0.1) is 0 Å². The third-order valence-electron chi connectivity index (χ3n) is 5.28. The van der Waals surface area contributed by atoms with Crippen molar-refractivity contribution in [2.45, 2.75) is 58.0 Å². The second-order valence-electron chi connectivity index (χ2n) is 7.10. The van der Waals surface area contributed by atoms with Crippen molar-refractivity contribution in [2.24, 2.45) is 17.6 Å². The average molecular weight is 254 g/mol.